The van der Waals surface area contributed by atoms with Gasteiger partial charge in [-0.1, -0.05) is 11.6 Å². The zero-order valence-corrected chi connectivity index (χ0v) is 13.3. The van der Waals surface area contributed by atoms with Gasteiger partial charge in [0.2, 0.25) is 5.91 Å². The number of nitrogens with zero attached hydrogens (tertiary/aromatic N) is 4. The number of amides is 1. The molecule has 0 aromatic carbocycles. The summed E-state index contributed by atoms with van der Waals surface area (Å²) in [5.74, 6) is 0.248. The van der Waals surface area contributed by atoms with Crippen LogP contribution in [0.15, 0.2) is 30.7 Å². The van der Waals surface area contributed by atoms with E-state index in [2.05, 4.69) is 15.3 Å². The molecule has 6 nitrogen and oxygen atoms in total. The number of nitrogens with one attached hydrogen (secondary N) is 1. The summed E-state index contributed by atoms with van der Waals surface area (Å²) in [6.45, 7) is -0.885. The number of aromatic nitrogens is 3. The number of halogens is 3. The fraction of sp³-hybridized carbons (Fsp3) is 0.357. The molecule has 23 heavy (non-hydrogen) atoms. The third-order valence-electron chi connectivity index (χ3n) is 3.37. The van der Waals surface area contributed by atoms with E-state index in [1.54, 1.807) is 31.0 Å². The van der Waals surface area contributed by atoms with Crippen molar-refractivity contribution in [2.45, 2.75) is 26.1 Å². The van der Waals surface area contributed by atoms with Gasteiger partial charge < -0.3 is 5.32 Å². The Morgan fingerprint density at radius 2 is 2.17 bits per heavy atom. The Bertz CT molecular complexity index is 661. The average molecular weight is 344 g/mol. The van der Waals surface area contributed by atoms with Gasteiger partial charge in [-0.15, -0.1) is 0 Å². The molecule has 9 heteroatoms. The number of rotatable bonds is 6. The molecule has 1 amide bonds. The second-order valence-electron chi connectivity index (χ2n) is 4.97. The van der Waals surface area contributed by atoms with Crippen LogP contribution < -0.4 is 5.32 Å². The molecule has 1 atom stereocenters. The molecule has 0 radical (unpaired) electrons. The van der Waals surface area contributed by atoms with Crippen LogP contribution in [-0.2, 0) is 11.3 Å². The van der Waals surface area contributed by atoms with Crippen LogP contribution in [0.5, 0.6) is 0 Å². The molecule has 124 valence electrons. The van der Waals surface area contributed by atoms with Gasteiger partial charge in [-0.2, -0.15) is 8.78 Å². The summed E-state index contributed by atoms with van der Waals surface area (Å²) in [6.07, 6.45) is 3.93. The highest BCUT2D eigenvalue weighted by atomic mass is 35.5. The van der Waals surface area contributed by atoms with Crippen LogP contribution in [0.3, 0.4) is 0 Å². The molecule has 1 N–H and O–H groups in total. The lowest BCUT2D eigenvalue weighted by molar-refractivity contribution is -0.120. The first-order valence-corrected chi connectivity index (χ1v) is 7.19. The van der Waals surface area contributed by atoms with Crippen LogP contribution in [0.25, 0.3) is 0 Å². The van der Waals surface area contributed by atoms with E-state index in [0.717, 1.165) is 4.57 Å². The lowest BCUT2D eigenvalue weighted by Gasteiger charge is -2.23. The highest BCUT2D eigenvalue weighted by Gasteiger charge is 2.21. The molecule has 0 spiro atoms. The van der Waals surface area contributed by atoms with Gasteiger partial charge in [-0.05, 0) is 26.1 Å². The topological polar surface area (TPSA) is 63.1 Å². The summed E-state index contributed by atoms with van der Waals surface area (Å²) >= 11 is 5.73. The average Bonchev–Trinajstić information content (AvgIpc) is 2.97. The van der Waals surface area contributed by atoms with Crippen molar-refractivity contribution in [1.82, 2.24) is 19.4 Å². The third-order valence-corrected chi connectivity index (χ3v) is 3.59. The molecule has 0 unspecified atom stereocenters. The van der Waals surface area contributed by atoms with Crippen molar-refractivity contribution in [1.29, 1.82) is 0 Å². The lowest BCUT2D eigenvalue weighted by Crippen LogP contribution is -2.39. The zero-order valence-electron chi connectivity index (χ0n) is 12.6. The Hall–Kier alpha value is -2.06. The summed E-state index contributed by atoms with van der Waals surface area (Å²) in [7, 11) is 1.66. The van der Waals surface area contributed by atoms with Crippen LogP contribution in [-0.4, -0.2) is 38.4 Å². The Kier molecular flexibility index (Phi) is 5.62. The van der Waals surface area contributed by atoms with Crippen molar-refractivity contribution >= 4 is 23.3 Å². The van der Waals surface area contributed by atoms with Gasteiger partial charge in [0.05, 0.1) is 17.6 Å². The smallest absolute Gasteiger partial charge is 0.309 e. The fourth-order valence-electron chi connectivity index (χ4n) is 1.88. The number of alkyl halides is 2. The number of likely N-dealkylation sites (N-methyl/N-ethyl adjacent to an activating group) is 1. The van der Waals surface area contributed by atoms with Crippen molar-refractivity contribution in [2.24, 2.45) is 0 Å². The number of anilines is 1. The van der Waals surface area contributed by atoms with Gasteiger partial charge >= 0.3 is 6.55 Å². The van der Waals surface area contributed by atoms with Crippen LogP contribution in [0.4, 0.5) is 14.6 Å². The molecule has 0 saturated carbocycles. The predicted molar refractivity (Wildman–Crippen MR) is 82.3 cm³/mol. The van der Waals surface area contributed by atoms with E-state index in [9.17, 15) is 13.6 Å². The van der Waals surface area contributed by atoms with E-state index >= 15 is 0 Å². The second-order valence-corrected chi connectivity index (χ2v) is 5.41. The number of hydrogen-bond acceptors (Lipinski definition) is 4. The molecule has 0 saturated heterocycles. The van der Waals surface area contributed by atoms with Crippen molar-refractivity contribution in [2.75, 3.05) is 12.4 Å². The predicted octanol–water partition coefficient (Wildman–Crippen LogP) is 2.79. The van der Waals surface area contributed by atoms with E-state index < -0.39 is 12.6 Å². The molecule has 0 aliphatic heterocycles. The fourth-order valence-corrected chi connectivity index (χ4v) is 2.00. The summed E-state index contributed by atoms with van der Waals surface area (Å²) in [4.78, 5) is 21.7. The zero-order chi connectivity index (χ0) is 17.0. The first-order valence-electron chi connectivity index (χ1n) is 6.81. The minimum atomic E-state index is -2.66. The van der Waals surface area contributed by atoms with Crippen molar-refractivity contribution in [3.05, 3.63) is 41.6 Å². The maximum Gasteiger partial charge on any atom is 0.319 e. The van der Waals surface area contributed by atoms with Crippen LogP contribution in [0, 0.1) is 0 Å². The molecule has 0 fully saturated rings. The van der Waals surface area contributed by atoms with E-state index in [1.165, 1.54) is 18.6 Å². The molecular weight excluding hydrogens is 328 g/mol. The molecule has 0 bridgehead atoms. The Morgan fingerprint density at radius 1 is 1.43 bits per heavy atom. The van der Waals surface area contributed by atoms with Crippen LogP contribution in [0.2, 0.25) is 5.02 Å². The molecule has 0 aliphatic rings. The number of imidazole rings is 1. The third kappa shape index (κ3) is 4.46. The molecule has 2 aromatic rings. The Morgan fingerprint density at radius 3 is 2.78 bits per heavy atom. The van der Waals surface area contributed by atoms with Gasteiger partial charge in [0.1, 0.15) is 11.6 Å². The summed E-state index contributed by atoms with van der Waals surface area (Å²) in [5, 5.41) is 3.11. The summed E-state index contributed by atoms with van der Waals surface area (Å²) in [6, 6.07) is 2.63. The maximum absolute atomic E-state index is 12.8. The molecular formula is C14H16ClF2N5O. The largest absolute Gasteiger partial charge is 0.319 e. The summed E-state index contributed by atoms with van der Waals surface area (Å²) < 4.78 is 26.4. The minimum Gasteiger partial charge on any atom is -0.309 e. The minimum absolute atomic E-state index is 0.111. The molecule has 2 aromatic heterocycles. The Labute approximate surface area is 137 Å². The van der Waals surface area contributed by atoms with E-state index in [-0.39, 0.29) is 18.3 Å². The highest BCUT2D eigenvalue weighted by molar-refractivity contribution is 6.30. The normalized spacial score (nSPS) is 12.7. The first-order chi connectivity index (χ1) is 10.9. The lowest BCUT2D eigenvalue weighted by atomic mass is 10.2. The van der Waals surface area contributed by atoms with Crippen LogP contribution >= 0.6 is 11.6 Å². The molecule has 2 heterocycles. The van der Waals surface area contributed by atoms with Gasteiger partial charge in [0.15, 0.2) is 0 Å². The van der Waals surface area contributed by atoms with Gasteiger partial charge in [0.25, 0.3) is 0 Å². The first kappa shape index (κ1) is 17.3. The monoisotopic (exact) mass is 343 g/mol. The maximum atomic E-state index is 12.8. The van der Waals surface area contributed by atoms with Crippen molar-refractivity contribution in [3.8, 4) is 0 Å². The van der Waals surface area contributed by atoms with E-state index in [1.807, 2.05) is 0 Å². The van der Waals surface area contributed by atoms with E-state index in [4.69, 9.17) is 11.6 Å². The van der Waals surface area contributed by atoms with Gasteiger partial charge in [0, 0.05) is 18.6 Å². The SMILES string of the molecule is C[C@H](C(=O)Nc1ccc(Cl)cn1)N(C)Cc1nccn1C(F)F. The second kappa shape index (κ2) is 7.47. The quantitative estimate of drug-likeness (QED) is 0.876. The van der Waals surface area contributed by atoms with Crippen molar-refractivity contribution < 1.29 is 13.6 Å². The molecule has 0 aliphatic carbocycles. The summed E-state index contributed by atoms with van der Waals surface area (Å²) in [5.41, 5.74) is 0. The van der Waals surface area contributed by atoms with Crippen LogP contribution in [0.1, 0.15) is 19.3 Å². The standard InChI is InChI=1S/C14H16ClF2N5O/c1-9(13(23)20-11-4-3-10(15)7-19-11)21(2)8-12-18-5-6-22(12)14(16)17/h3-7,9,14H,8H2,1-2H3,(H,19,20,23)/t9-/m1/s1. The number of carbonyl (C=O) groups excluding carboxylic acids is 1. The Balaban J connectivity index is 1.98. The number of pyridine rings is 1. The molecule has 2 rings (SSSR count). The van der Waals surface area contributed by atoms with Crippen molar-refractivity contribution in [3.63, 3.8) is 0 Å². The highest BCUT2D eigenvalue weighted by Crippen LogP contribution is 2.15. The number of hydrogen-bond donors (Lipinski definition) is 1. The number of carbonyl (C=O) groups is 1. The van der Waals surface area contributed by atoms with Gasteiger partial charge in [-0.3, -0.25) is 14.3 Å². The van der Waals surface area contributed by atoms with E-state index in [0.29, 0.717) is 10.8 Å². The van der Waals surface area contributed by atoms with Gasteiger partial charge in [-0.25, -0.2) is 9.97 Å².